The van der Waals surface area contributed by atoms with Crippen LogP contribution in [-0.2, 0) is 5.41 Å². The van der Waals surface area contributed by atoms with E-state index in [1.54, 1.807) is 0 Å². The average molecular weight is 186 g/mol. The molecule has 0 amide bonds. The molecule has 1 saturated carbocycles. The summed E-state index contributed by atoms with van der Waals surface area (Å²) >= 11 is 0. The molecule has 2 rings (SSSR count). The van der Waals surface area contributed by atoms with E-state index >= 15 is 0 Å². The van der Waals surface area contributed by atoms with Gasteiger partial charge in [0, 0.05) is 0 Å². The molecule has 1 aliphatic rings. The number of nitriles is 1. The van der Waals surface area contributed by atoms with Crippen LogP contribution in [0.4, 0.5) is 0 Å². The molecular weight excluding hydrogens is 172 g/mol. The van der Waals surface area contributed by atoms with Crippen molar-refractivity contribution >= 4 is 0 Å². The highest BCUT2D eigenvalue weighted by molar-refractivity contribution is 5.45. The summed E-state index contributed by atoms with van der Waals surface area (Å²) in [7, 11) is 0. The van der Waals surface area contributed by atoms with Crippen molar-refractivity contribution in [3.8, 4) is 6.07 Å². The second-order valence-corrected chi connectivity index (χ2v) is 3.98. The van der Waals surface area contributed by atoms with Crippen LogP contribution < -0.4 is 5.73 Å². The van der Waals surface area contributed by atoms with Crippen molar-refractivity contribution in [1.82, 2.24) is 0 Å². The number of benzene rings is 1. The van der Waals surface area contributed by atoms with Crippen LogP contribution in [0, 0.1) is 11.3 Å². The van der Waals surface area contributed by atoms with Gasteiger partial charge in [0.2, 0.25) is 0 Å². The van der Waals surface area contributed by atoms with Gasteiger partial charge in [-0.2, -0.15) is 5.26 Å². The lowest BCUT2D eigenvalue weighted by Gasteiger charge is -2.15. The Balaban J connectivity index is 2.37. The molecule has 2 heteroatoms. The topological polar surface area (TPSA) is 49.8 Å². The van der Waals surface area contributed by atoms with Crippen LogP contribution in [0.5, 0.6) is 0 Å². The summed E-state index contributed by atoms with van der Waals surface area (Å²) in [6.07, 6.45) is 3.37. The standard InChI is InChI=1S/C12H14N2/c13-8-7-12(5-6-12)11-4-2-1-3-10(11)9-14/h1-4H,5-8,13H2. The van der Waals surface area contributed by atoms with Crippen LogP contribution in [-0.4, -0.2) is 6.54 Å². The van der Waals surface area contributed by atoms with Gasteiger partial charge in [0.15, 0.2) is 0 Å². The molecule has 0 bridgehead atoms. The van der Waals surface area contributed by atoms with E-state index in [0.717, 1.165) is 12.0 Å². The summed E-state index contributed by atoms with van der Waals surface area (Å²) in [5.74, 6) is 0. The lowest BCUT2D eigenvalue weighted by atomic mass is 9.89. The molecule has 0 saturated heterocycles. The molecule has 2 nitrogen and oxygen atoms in total. The zero-order valence-corrected chi connectivity index (χ0v) is 8.16. The van der Waals surface area contributed by atoms with Crippen molar-refractivity contribution in [1.29, 1.82) is 5.26 Å². The molecule has 14 heavy (non-hydrogen) atoms. The second-order valence-electron chi connectivity index (χ2n) is 3.98. The first-order valence-corrected chi connectivity index (χ1v) is 5.02. The second kappa shape index (κ2) is 3.43. The number of nitrogens with zero attached hydrogens (tertiary/aromatic N) is 1. The van der Waals surface area contributed by atoms with Gasteiger partial charge < -0.3 is 5.73 Å². The first-order valence-electron chi connectivity index (χ1n) is 5.02. The fraction of sp³-hybridized carbons (Fsp3) is 0.417. The van der Waals surface area contributed by atoms with Crippen molar-refractivity contribution in [2.75, 3.05) is 6.54 Å². The normalized spacial score (nSPS) is 17.4. The van der Waals surface area contributed by atoms with Crippen LogP contribution in [0.3, 0.4) is 0 Å². The van der Waals surface area contributed by atoms with Gasteiger partial charge in [-0.15, -0.1) is 0 Å². The molecule has 0 atom stereocenters. The monoisotopic (exact) mass is 186 g/mol. The molecule has 1 aromatic rings. The quantitative estimate of drug-likeness (QED) is 0.784. The lowest BCUT2D eigenvalue weighted by Crippen LogP contribution is -2.14. The Bertz CT molecular complexity index is 372. The molecule has 0 heterocycles. The molecule has 0 unspecified atom stereocenters. The van der Waals surface area contributed by atoms with Crippen LogP contribution >= 0.6 is 0 Å². The molecule has 1 aliphatic carbocycles. The minimum absolute atomic E-state index is 0.237. The third-order valence-electron chi connectivity index (χ3n) is 3.10. The molecule has 72 valence electrons. The van der Waals surface area contributed by atoms with Gasteiger partial charge in [0.25, 0.3) is 0 Å². The van der Waals surface area contributed by atoms with E-state index in [1.807, 2.05) is 18.2 Å². The van der Waals surface area contributed by atoms with Gasteiger partial charge in [-0.1, -0.05) is 18.2 Å². The minimum atomic E-state index is 0.237. The van der Waals surface area contributed by atoms with Crippen molar-refractivity contribution in [3.05, 3.63) is 35.4 Å². The summed E-state index contributed by atoms with van der Waals surface area (Å²) in [5.41, 5.74) is 7.86. The van der Waals surface area contributed by atoms with Crippen LogP contribution in [0.25, 0.3) is 0 Å². The van der Waals surface area contributed by atoms with Crippen LogP contribution in [0.1, 0.15) is 30.4 Å². The SMILES string of the molecule is N#Cc1ccccc1C1(CCN)CC1. The molecule has 0 spiro atoms. The first kappa shape index (κ1) is 9.23. The van der Waals surface area contributed by atoms with Gasteiger partial charge in [-0.3, -0.25) is 0 Å². The van der Waals surface area contributed by atoms with Crippen LogP contribution in [0.15, 0.2) is 24.3 Å². The highest BCUT2D eigenvalue weighted by Gasteiger charge is 2.44. The lowest BCUT2D eigenvalue weighted by molar-refractivity contribution is 0.627. The number of hydrogen-bond donors (Lipinski definition) is 1. The number of nitrogens with two attached hydrogens (primary N) is 1. The average Bonchev–Trinajstić information content (AvgIpc) is 2.99. The highest BCUT2D eigenvalue weighted by atomic mass is 14.6. The zero-order valence-electron chi connectivity index (χ0n) is 8.16. The fourth-order valence-electron chi connectivity index (χ4n) is 2.12. The van der Waals surface area contributed by atoms with E-state index in [9.17, 15) is 0 Å². The van der Waals surface area contributed by atoms with E-state index < -0.39 is 0 Å². The number of rotatable bonds is 3. The summed E-state index contributed by atoms with van der Waals surface area (Å²) in [6, 6.07) is 10.1. The van der Waals surface area contributed by atoms with Gasteiger partial charge >= 0.3 is 0 Å². The maximum atomic E-state index is 9.00. The largest absolute Gasteiger partial charge is 0.330 e. The molecule has 1 fully saturated rings. The summed E-state index contributed by atoms with van der Waals surface area (Å²) in [5, 5.41) is 9.00. The van der Waals surface area contributed by atoms with Gasteiger partial charge in [0.05, 0.1) is 11.6 Å². The Morgan fingerprint density at radius 1 is 1.36 bits per heavy atom. The van der Waals surface area contributed by atoms with E-state index in [4.69, 9.17) is 11.0 Å². The minimum Gasteiger partial charge on any atom is -0.330 e. The highest BCUT2D eigenvalue weighted by Crippen LogP contribution is 2.51. The van der Waals surface area contributed by atoms with Gasteiger partial charge in [0.1, 0.15) is 0 Å². The van der Waals surface area contributed by atoms with E-state index in [0.29, 0.717) is 6.54 Å². The smallest absolute Gasteiger partial charge is 0.0994 e. The Kier molecular flexibility index (Phi) is 2.26. The van der Waals surface area contributed by atoms with Crippen molar-refractivity contribution in [2.45, 2.75) is 24.7 Å². The molecule has 0 aromatic heterocycles. The predicted octanol–water partition coefficient (Wildman–Crippen LogP) is 1.94. The first-order chi connectivity index (χ1) is 6.82. The Morgan fingerprint density at radius 2 is 2.07 bits per heavy atom. The Hall–Kier alpha value is -1.33. The third-order valence-corrected chi connectivity index (χ3v) is 3.10. The fourth-order valence-corrected chi connectivity index (χ4v) is 2.12. The molecule has 0 radical (unpaired) electrons. The summed E-state index contributed by atoms with van der Waals surface area (Å²) < 4.78 is 0. The van der Waals surface area contributed by atoms with Gasteiger partial charge in [-0.25, -0.2) is 0 Å². The van der Waals surface area contributed by atoms with E-state index in [2.05, 4.69) is 12.1 Å². The predicted molar refractivity (Wildman–Crippen MR) is 55.7 cm³/mol. The van der Waals surface area contributed by atoms with E-state index in [1.165, 1.54) is 18.4 Å². The van der Waals surface area contributed by atoms with Crippen molar-refractivity contribution < 1.29 is 0 Å². The maximum Gasteiger partial charge on any atom is 0.0994 e. The maximum absolute atomic E-state index is 9.00. The third kappa shape index (κ3) is 1.40. The number of hydrogen-bond acceptors (Lipinski definition) is 2. The molecule has 1 aromatic carbocycles. The zero-order chi connectivity index (χ0) is 10.0. The van der Waals surface area contributed by atoms with Gasteiger partial charge in [-0.05, 0) is 42.9 Å². The summed E-state index contributed by atoms with van der Waals surface area (Å²) in [6.45, 7) is 0.708. The Labute approximate surface area is 84.3 Å². The molecule has 0 aliphatic heterocycles. The van der Waals surface area contributed by atoms with E-state index in [-0.39, 0.29) is 5.41 Å². The Morgan fingerprint density at radius 3 is 2.64 bits per heavy atom. The molecule has 2 N–H and O–H groups in total. The molecular formula is C12H14N2. The summed E-state index contributed by atoms with van der Waals surface area (Å²) in [4.78, 5) is 0. The van der Waals surface area contributed by atoms with Crippen molar-refractivity contribution in [3.63, 3.8) is 0 Å². The van der Waals surface area contributed by atoms with Crippen LogP contribution in [0.2, 0.25) is 0 Å². The van der Waals surface area contributed by atoms with Crippen molar-refractivity contribution in [2.24, 2.45) is 5.73 Å².